The van der Waals surface area contributed by atoms with Gasteiger partial charge in [0.15, 0.2) is 23.3 Å². The Morgan fingerprint density at radius 2 is 1.88 bits per heavy atom. The third-order valence-electron chi connectivity index (χ3n) is 3.45. The molecule has 1 N–H and O–H groups in total. The molecule has 0 aliphatic heterocycles. The lowest BCUT2D eigenvalue weighted by Gasteiger charge is -2.04. The second-order valence-corrected chi connectivity index (χ2v) is 5.74. The second-order valence-electron chi connectivity index (χ2n) is 5.30. The van der Waals surface area contributed by atoms with Crippen LogP contribution in [0.3, 0.4) is 0 Å². The lowest BCUT2D eigenvalue weighted by Crippen LogP contribution is -2.12. The first-order valence-corrected chi connectivity index (χ1v) is 7.84. The number of halogens is 3. The number of hydrogen-bond donors (Lipinski definition) is 1. The quantitative estimate of drug-likeness (QED) is 0.706. The molecule has 0 atom stereocenters. The molecule has 1 heterocycles. The van der Waals surface area contributed by atoms with Gasteiger partial charge in [-0.05, 0) is 36.4 Å². The SMILES string of the molecule is O=C(CCc1ncc(-c2ccc(Cl)cc2)o1)Nc1ccc(F)c(F)c1. The molecule has 0 fully saturated rings. The number of oxazole rings is 1. The number of carbonyl (C=O) groups is 1. The van der Waals surface area contributed by atoms with Crippen LogP contribution in [-0.4, -0.2) is 10.9 Å². The summed E-state index contributed by atoms with van der Waals surface area (Å²) in [5.74, 6) is -1.35. The van der Waals surface area contributed by atoms with Crippen LogP contribution in [0.1, 0.15) is 12.3 Å². The largest absolute Gasteiger partial charge is 0.441 e. The molecule has 1 amide bonds. The van der Waals surface area contributed by atoms with Crippen LogP contribution in [0, 0.1) is 11.6 Å². The molecule has 0 unspecified atom stereocenters. The second kappa shape index (κ2) is 7.44. The molecule has 128 valence electrons. The fraction of sp³-hybridized carbons (Fsp3) is 0.111. The topological polar surface area (TPSA) is 55.1 Å². The molecule has 0 saturated heterocycles. The van der Waals surface area contributed by atoms with Gasteiger partial charge < -0.3 is 9.73 Å². The van der Waals surface area contributed by atoms with Crippen LogP contribution >= 0.6 is 11.6 Å². The highest BCUT2D eigenvalue weighted by molar-refractivity contribution is 6.30. The number of nitrogens with zero attached hydrogens (tertiary/aromatic N) is 1. The fourth-order valence-corrected chi connectivity index (χ4v) is 2.32. The minimum atomic E-state index is -1.02. The van der Waals surface area contributed by atoms with Crippen molar-refractivity contribution in [3.8, 4) is 11.3 Å². The molecule has 1 aromatic heterocycles. The maximum atomic E-state index is 13.1. The van der Waals surface area contributed by atoms with Gasteiger partial charge in [0.1, 0.15) is 0 Å². The van der Waals surface area contributed by atoms with Crippen LogP contribution in [0.15, 0.2) is 53.1 Å². The van der Waals surface area contributed by atoms with E-state index in [1.54, 1.807) is 18.3 Å². The number of aryl methyl sites for hydroxylation is 1. The highest BCUT2D eigenvalue weighted by Gasteiger charge is 2.10. The van der Waals surface area contributed by atoms with E-state index in [-0.39, 0.29) is 24.4 Å². The van der Waals surface area contributed by atoms with E-state index >= 15 is 0 Å². The van der Waals surface area contributed by atoms with Crippen LogP contribution in [0.4, 0.5) is 14.5 Å². The summed E-state index contributed by atoms with van der Waals surface area (Å²) in [5, 5.41) is 3.12. The highest BCUT2D eigenvalue weighted by atomic mass is 35.5. The van der Waals surface area contributed by atoms with Crippen molar-refractivity contribution in [3.63, 3.8) is 0 Å². The third kappa shape index (κ3) is 4.42. The standard InChI is InChI=1S/C18H13ClF2N2O2/c19-12-3-1-11(2-4-12)16-10-22-18(25-16)8-7-17(24)23-13-5-6-14(20)15(21)9-13/h1-6,9-10H,7-8H2,(H,23,24). The molecular formula is C18H13ClF2N2O2. The monoisotopic (exact) mass is 362 g/mol. The molecule has 2 aromatic carbocycles. The Hall–Kier alpha value is -2.73. The lowest BCUT2D eigenvalue weighted by atomic mass is 10.2. The molecule has 0 radical (unpaired) electrons. The summed E-state index contributed by atoms with van der Waals surface area (Å²) in [6, 6.07) is 10.3. The highest BCUT2D eigenvalue weighted by Crippen LogP contribution is 2.22. The number of amides is 1. The van der Waals surface area contributed by atoms with Gasteiger partial charge in [-0.1, -0.05) is 11.6 Å². The summed E-state index contributed by atoms with van der Waals surface area (Å²) in [5.41, 5.74) is 1.02. The van der Waals surface area contributed by atoms with Crippen LogP contribution in [0.2, 0.25) is 5.02 Å². The molecule has 3 aromatic rings. The van der Waals surface area contributed by atoms with Crippen molar-refractivity contribution >= 4 is 23.2 Å². The predicted octanol–water partition coefficient (Wildman–Crippen LogP) is 4.84. The van der Waals surface area contributed by atoms with Gasteiger partial charge in [-0.15, -0.1) is 0 Å². The summed E-state index contributed by atoms with van der Waals surface area (Å²) >= 11 is 5.84. The Morgan fingerprint density at radius 1 is 1.12 bits per heavy atom. The van der Waals surface area contributed by atoms with E-state index in [4.69, 9.17) is 16.0 Å². The minimum absolute atomic E-state index is 0.0968. The van der Waals surface area contributed by atoms with Gasteiger partial charge in [-0.3, -0.25) is 4.79 Å². The first kappa shape index (κ1) is 17.1. The number of anilines is 1. The van der Waals surface area contributed by atoms with Gasteiger partial charge in [0.25, 0.3) is 0 Å². The summed E-state index contributed by atoms with van der Waals surface area (Å²) in [7, 11) is 0. The number of aromatic nitrogens is 1. The lowest BCUT2D eigenvalue weighted by molar-refractivity contribution is -0.116. The first-order chi connectivity index (χ1) is 12.0. The normalized spacial score (nSPS) is 10.7. The number of rotatable bonds is 5. The Morgan fingerprint density at radius 3 is 2.60 bits per heavy atom. The van der Waals surface area contributed by atoms with E-state index in [0.717, 1.165) is 17.7 Å². The maximum absolute atomic E-state index is 13.1. The van der Waals surface area contributed by atoms with Gasteiger partial charge in [0, 0.05) is 35.2 Å². The van der Waals surface area contributed by atoms with Crippen LogP contribution in [0.25, 0.3) is 11.3 Å². The minimum Gasteiger partial charge on any atom is -0.441 e. The Balaban J connectivity index is 1.57. The van der Waals surface area contributed by atoms with E-state index in [9.17, 15) is 13.6 Å². The molecule has 0 saturated carbocycles. The smallest absolute Gasteiger partial charge is 0.224 e. The van der Waals surface area contributed by atoms with Crippen LogP contribution in [0.5, 0.6) is 0 Å². The number of benzene rings is 2. The van der Waals surface area contributed by atoms with E-state index in [2.05, 4.69) is 10.3 Å². The van der Waals surface area contributed by atoms with Crippen molar-refractivity contribution in [2.75, 3.05) is 5.32 Å². The maximum Gasteiger partial charge on any atom is 0.224 e. The van der Waals surface area contributed by atoms with Crippen molar-refractivity contribution < 1.29 is 18.0 Å². The average Bonchev–Trinajstić information content (AvgIpc) is 3.06. The van der Waals surface area contributed by atoms with Gasteiger partial charge in [0.05, 0.1) is 6.20 Å². The van der Waals surface area contributed by atoms with E-state index in [1.807, 2.05) is 12.1 Å². The Labute approximate surface area is 147 Å². The molecular weight excluding hydrogens is 350 g/mol. The molecule has 4 nitrogen and oxygen atoms in total. The van der Waals surface area contributed by atoms with E-state index in [0.29, 0.717) is 16.7 Å². The summed E-state index contributed by atoms with van der Waals surface area (Å²) in [4.78, 5) is 16.0. The Kier molecular flexibility index (Phi) is 5.09. The van der Waals surface area contributed by atoms with Gasteiger partial charge in [-0.25, -0.2) is 13.8 Å². The van der Waals surface area contributed by atoms with Crippen LogP contribution in [-0.2, 0) is 11.2 Å². The molecule has 25 heavy (non-hydrogen) atoms. The van der Waals surface area contributed by atoms with Crippen molar-refractivity contribution in [2.45, 2.75) is 12.8 Å². The average molecular weight is 363 g/mol. The molecule has 0 spiro atoms. The number of hydrogen-bond acceptors (Lipinski definition) is 3. The van der Waals surface area contributed by atoms with Crippen molar-refractivity contribution in [3.05, 3.63) is 71.2 Å². The zero-order valence-corrected chi connectivity index (χ0v) is 13.7. The molecule has 3 rings (SSSR count). The Bertz CT molecular complexity index is 894. The van der Waals surface area contributed by atoms with E-state index < -0.39 is 11.6 Å². The van der Waals surface area contributed by atoms with E-state index in [1.165, 1.54) is 6.07 Å². The molecule has 7 heteroatoms. The van der Waals surface area contributed by atoms with Crippen LogP contribution < -0.4 is 5.32 Å². The molecule has 0 bridgehead atoms. The third-order valence-corrected chi connectivity index (χ3v) is 3.70. The van der Waals surface area contributed by atoms with Gasteiger partial charge in [-0.2, -0.15) is 0 Å². The molecule has 0 aliphatic rings. The summed E-state index contributed by atoms with van der Waals surface area (Å²) in [6.07, 6.45) is 1.95. The number of carbonyl (C=O) groups excluding carboxylic acids is 1. The molecule has 0 aliphatic carbocycles. The van der Waals surface area contributed by atoms with Gasteiger partial charge in [0.2, 0.25) is 5.91 Å². The first-order valence-electron chi connectivity index (χ1n) is 7.47. The van der Waals surface area contributed by atoms with Crippen molar-refractivity contribution in [1.82, 2.24) is 4.98 Å². The zero-order chi connectivity index (χ0) is 17.8. The van der Waals surface area contributed by atoms with Crippen molar-refractivity contribution in [2.24, 2.45) is 0 Å². The number of nitrogens with one attached hydrogen (secondary N) is 1. The summed E-state index contributed by atoms with van der Waals surface area (Å²) in [6.45, 7) is 0. The zero-order valence-electron chi connectivity index (χ0n) is 12.9. The predicted molar refractivity (Wildman–Crippen MR) is 90.3 cm³/mol. The fourth-order valence-electron chi connectivity index (χ4n) is 2.19. The van der Waals surface area contributed by atoms with Crippen molar-refractivity contribution in [1.29, 1.82) is 0 Å². The van der Waals surface area contributed by atoms with Gasteiger partial charge >= 0.3 is 0 Å². The summed E-state index contributed by atoms with van der Waals surface area (Å²) < 4.78 is 31.6.